The topological polar surface area (TPSA) is 24.1 Å². The molecule has 2 N–H and O–H groups in total. The van der Waals surface area contributed by atoms with Crippen molar-refractivity contribution in [3.63, 3.8) is 0 Å². The second-order valence-electron chi connectivity index (χ2n) is 1.64. The Morgan fingerprint density at radius 2 is 1.71 bits per heavy atom. The van der Waals surface area contributed by atoms with Crippen LogP contribution in [0.1, 0.15) is 0 Å². The van der Waals surface area contributed by atoms with Crippen molar-refractivity contribution in [2.45, 2.75) is 10.7 Å². The Labute approximate surface area is 46.4 Å². The number of nitrogens with one attached hydrogen (secondary N) is 2. The fourth-order valence-corrected chi connectivity index (χ4v) is 1.35. The maximum atomic E-state index is 3.18. The van der Waals surface area contributed by atoms with Crippen LogP contribution < -0.4 is 10.6 Å². The molecule has 7 heavy (non-hydrogen) atoms. The van der Waals surface area contributed by atoms with Gasteiger partial charge in [0.05, 0.1) is 0 Å². The van der Waals surface area contributed by atoms with Crippen molar-refractivity contribution < 1.29 is 0 Å². The van der Waals surface area contributed by atoms with Crippen LogP contribution in [-0.2, 0) is 0 Å². The van der Waals surface area contributed by atoms with Crippen LogP contribution in [-0.4, -0.2) is 10.7 Å². The lowest BCUT2D eigenvalue weighted by molar-refractivity contribution is 0.714. The summed E-state index contributed by atoms with van der Waals surface area (Å²) >= 11 is 1.91. The van der Waals surface area contributed by atoms with Gasteiger partial charge in [0.25, 0.3) is 0 Å². The molecular weight excluding hydrogens is 108 g/mol. The molecule has 2 rings (SSSR count). The largest absolute Gasteiger partial charge is 0.376 e. The third-order valence-electron chi connectivity index (χ3n) is 1.10. The van der Waals surface area contributed by atoms with E-state index >= 15 is 0 Å². The molecule has 0 aromatic rings. The SMILES string of the molecule is C1=CNC2SC2N1. The molecule has 0 bridgehead atoms. The number of rotatable bonds is 0. The molecule has 0 radical (unpaired) electrons. The highest BCUT2D eigenvalue weighted by Gasteiger charge is 2.38. The van der Waals surface area contributed by atoms with E-state index in [2.05, 4.69) is 10.6 Å². The molecule has 2 aliphatic rings. The van der Waals surface area contributed by atoms with Crippen LogP contribution in [0.5, 0.6) is 0 Å². The van der Waals surface area contributed by atoms with Crippen LogP contribution in [0.4, 0.5) is 0 Å². The van der Waals surface area contributed by atoms with Crippen molar-refractivity contribution in [3.8, 4) is 0 Å². The van der Waals surface area contributed by atoms with Crippen molar-refractivity contribution in [2.75, 3.05) is 0 Å². The predicted octanol–water partition coefficient (Wildman–Crippen LogP) is 0.0494. The summed E-state index contributed by atoms with van der Waals surface area (Å²) in [4.78, 5) is 0. The van der Waals surface area contributed by atoms with E-state index in [0.29, 0.717) is 10.7 Å². The van der Waals surface area contributed by atoms with E-state index < -0.39 is 0 Å². The van der Waals surface area contributed by atoms with Gasteiger partial charge in [-0.1, -0.05) is 0 Å². The highest BCUT2D eigenvalue weighted by atomic mass is 32.2. The Hall–Kier alpha value is -0.310. The summed E-state index contributed by atoms with van der Waals surface area (Å²) in [7, 11) is 0. The molecule has 0 aromatic carbocycles. The summed E-state index contributed by atoms with van der Waals surface area (Å²) in [5.41, 5.74) is 0. The van der Waals surface area contributed by atoms with E-state index in [9.17, 15) is 0 Å². The standard InChI is InChI=1S/C4H6N2S/c1-2-6-4-3(5-1)7-4/h1-6H. The van der Waals surface area contributed by atoms with Crippen LogP contribution >= 0.6 is 11.8 Å². The van der Waals surface area contributed by atoms with Gasteiger partial charge in [0.2, 0.25) is 0 Å². The zero-order valence-electron chi connectivity index (χ0n) is 3.72. The minimum Gasteiger partial charge on any atom is -0.376 e. The van der Waals surface area contributed by atoms with E-state index in [-0.39, 0.29) is 0 Å². The minimum absolute atomic E-state index is 0.671. The molecular formula is C4H6N2S. The van der Waals surface area contributed by atoms with Gasteiger partial charge in [0, 0.05) is 12.4 Å². The molecule has 2 nitrogen and oxygen atoms in total. The third kappa shape index (κ3) is 0.481. The van der Waals surface area contributed by atoms with E-state index in [0.717, 1.165) is 0 Å². The Morgan fingerprint density at radius 1 is 1.14 bits per heavy atom. The Morgan fingerprint density at radius 3 is 2.14 bits per heavy atom. The van der Waals surface area contributed by atoms with E-state index in [1.165, 1.54) is 0 Å². The highest BCUT2D eigenvalue weighted by Crippen LogP contribution is 2.37. The molecule has 0 spiro atoms. The first-order valence-corrected chi connectivity index (χ1v) is 3.24. The van der Waals surface area contributed by atoms with Crippen molar-refractivity contribution >= 4 is 11.8 Å². The average molecular weight is 114 g/mol. The molecule has 2 aliphatic heterocycles. The number of hydrogen-bond donors (Lipinski definition) is 2. The summed E-state index contributed by atoms with van der Waals surface area (Å²) in [5.74, 6) is 0. The first kappa shape index (κ1) is 3.66. The summed E-state index contributed by atoms with van der Waals surface area (Å²) in [6.45, 7) is 0. The van der Waals surface area contributed by atoms with Gasteiger partial charge in [-0.3, -0.25) is 0 Å². The van der Waals surface area contributed by atoms with Gasteiger partial charge >= 0.3 is 0 Å². The normalized spacial score (nSPS) is 43.4. The molecule has 1 fully saturated rings. The molecule has 3 heteroatoms. The van der Waals surface area contributed by atoms with E-state index in [1.54, 1.807) is 0 Å². The molecule has 1 saturated heterocycles. The summed E-state index contributed by atoms with van der Waals surface area (Å²) < 4.78 is 0. The van der Waals surface area contributed by atoms with Crippen LogP contribution in [0, 0.1) is 0 Å². The molecule has 0 saturated carbocycles. The summed E-state index contributed by atoms with van der Waals surface area (Å²) in [5, 5.41) is 7.69. The molecule has 0 aromatic heterocycles. The summed E-state index contributed by atoms with van der Waals surface area (Å²) in [6, 6.07) is 0. The van der Waals surface area contributed by atoms with Gasteiger partial charge in [-0.25, -0.2) is 0 Å². The smallest absolute Gasteiger partial charge is 0.104 e. The molecule has 0 amide bonds. The van der Waals surface area contributed by atoms with E-state index in [1.807, 2.05) is 24.2 Å². The lowest BCUT2D eigenvalue weighted by Gasteiger charge is -2.02. The van der Waals surface area contributed by atoms with Crippen molar-refractivity contribution in [1.82, 2.24) is 10.6 Å². The Balaban J connectivity index is 2.10. The molecule has 0 aliphatic carbocycles. The van der Waals surface area contributed by atoms with Crippen molar-refractivity contribution in [1.29, 1.82) is 0 Å². The van der Waals surface area contributed by atoms with Crippen LogP contribution in [0.2, 0.25) is 0 Å². The van der Waals surface area contributed by atoms with Crippen molar-refractivity contribution in [2.24, 2.45) is 0 Å². The number of fused-ring (bicyclic) bond motifs is 1. The van der Waals surface area contributed by atoms with Gasteiger partial charge in [-0.05, 0) is 0 Å². The fourth-order valence-electron chi connectivity index (χ4n) is 0.652. The zero-order valence-corrected chi connectivity index (χ0v) is 4.53. The van der Waals surface area contributed by atoms with E-state index in [4.69, 9.17) is 0 Å². The molecule has 2 heterocycles. The first-order valence-electron chi connectivity index (χ1n) is 2.29. The predicted molar refractivity (Wildman–Crippen MR) is 30.6 cm³/mol. The van der Waals surface area contributed by atoms with Gasteiger partial charge in [-0.2, -0.15) is 0 Å². The van der Waals surface area contributed by atoms with Gasteiger partial charge in [0.15, 0.2) is 0 Å². The lowest BCUT2D eigenvalue weighted by atomic mass is 10.5. The maximum Gasteiger partial charge on any atom is 0.104 e. The number of thioether (sulfide) groups is 1. The Bertz CT molecular complexity index is 100. The van der Waals surface area contributed by atoms with Gasteiger partial charge in [0.1, 0.15) is 10.7 Å². The quantitative estimate of drug-likeness (QED) is 0.435. The van der Waals surface area contributed by atoms with Crippen molar-refractivity contribution in [3.05, 3.63) is 12.4 Å². The maximum absolute atomic E-state index is 3.18. The molecule has 2 unspecified atom stereocenters. The Kier molecular flexibility index (Phi) is 0.573. The van der Waals surface area contributed by atoms with Crippen LogP contribution in [0.15, 0.2) is 12.4 Å². The van der Waals surface area contributed by atoms with Crippen LogP contribution in [0.25, 0.3) is 0 Å². The second kappa shape index (κ2) is 1.10. The molecule has 38 valence electrons. The van der Waals surface area contributed by atoms with Crippen LogP contribution in [0.3, 0.4) is 0 Å². The third-order valence-corrected chi connectivity index (χ3v) is 2.18. The fraction of sp³-hybridized carbons (Fsp3) is 0.500. The monoisotopic (exact) mass is 114 g/mol. The average Bonchev–Trinajstić information content (AvgIpc) is 2.41. The molecule has 2 atom stereocenters. The highest BCUT2D eigenvalue weighted by molar-refractivity contribution is 8.07. The van der Waals surface area contributed by atoms with Gasteiger partial charge < -0.3 is 10.6 Å². The lowest BCUT2D eigenvalue weighted by Crippen LogP contribution is -2.25. The van der Waals surface area contributed by atoms with Gasteiger partial charge in [-0.15, -0.1) is 11.8 Å². The summed E-state index contributed by atoms with van der Waals surface area (Å²) in [6.07, 6.45) is 3.89. The first-order chi connectivity index (χ1) is 3.47. The second-order valence-corrected chi connectivity index (χ2v) is 2.93. The zero-order chi connectivity index (χ0) is 4.69. The minimum atomic E-state index is 0.671. The number of hydrogen-bond acceptors (Lipinski definition) is 3.